The largest absolute Gasteiger partial charge is 0.375 e. The molecule has 86 valence electrons. The third kappa shape index (κ3) is 2.69. The molecule has 0 aliphatic carbocycles. The highest BCUT2D eigenvalue weighted by molar-refractivity contribution is 5.76. The van der Waals surface area contributed by atoms with Gasteiger partial charge in [-0.05, 0) is 19.8 Å². The Bertz CT molecular complexity index is 229. The number of carbonyl (C=O) groups is 1. The minimum Gasteiger partial charge on any atom is -0.375 e. The molecule has 0 radical (unpaired) electrons. The Morgan fingerprint density at radius 3 is 2.87 bits per heavy atom. The van der Waals surface area contributed by atoms with Crippen molar-refractivity contribution >= 4 is 5.91 Å². The quantitative estimate of drug-likeness (QED) is 0.732. The number of nitrogens with zero attached hydrogens (tertiary/aromatic N) is 1. The SMILES string of the molecule is CC1CCCN1C(=O)CCOC1CNC1. The molecule has 2 fully saturated rings. The van der Waals surface area contributed by atoms with Crippen LogP contribution in [0.5, 0.6) is 0 Å². The van der Waals surface area contributed by atoms with Gasteiger partial charge < -0.3 is 15.0 Å². The lowest BCUT2D eigenvalue weighted by Gasteiger charge is -2.27. The van der Waals surface area contributed by atoms with Crippen LogP contribution in [0.2, 0.25) is 0 Å². The van der Waals surface area contributed by atoms with Gasteiger partial charge in [0.15, 0.2) is 0 Å². The number of ether oxygens (including phenoxy) is 1. The van der Waals surface area contributed by atoms with E-state index in [1.165, 1.54) is 0 Å². The van der Waals surface area contributed by atoms with Crippen LogP contribution in [0.25, 0.3) is 0 Å². The van der Waals surface area contributed by atoms with Crippen LogP contribution in [0, 0.1) is 0 Å². The number of hydrogen-bond acceptors (Lipinski definition) is 3. The van der Waals surface area contributed by atoms with Crippen molar-refractivity contribution in [2.45, 2.75) is 38.3 Å². The molecule has 0 bridgehead atoms. The number of carbonyl (C=O) groups excluding carboxylic acids is 1. The van der Waals surface area contributed by atoms with Crippen molar-refractivity contribution in [3.8, 4) is 0 Å². The first kappa shape index (κ1) is 10.9. The molecule has 2 saturated heterocycles. The van der Waals surface area contributed by atoms with Crippen molar-refractivity contribution < 1.29 is 9.53 Å². The molecule has 1 unspecified atom stereocenters. The van der Waals surface area contributed by atoms with Crippen LogP contribution in [0.4, 0.5) is 0 Å². The molecule has 0 saturated carbocycles. The van der Waals surface area contributed by atoms with E-state index in [1.54, 1.807) is 0 Å². The van der Waals surface area contributed by atoms with E-state index in [4.69, 9.17) is 4.74 Å². The maximum absolute atomic E-state index is 11.8. The first-order valence-corrected chi connectivity index (χ1v) is 5.89. The summed E-state index contributed by atoms with van der Waals surface area (Å²) in [5.74, 6) is 0.257. The van der Waals surface area contributed by atoms with Crippen molar-refractivity contribution in [1.29, 1.82) is 0 Å². The van der Waals surface area contributed by atoms with Crippen molar-refractivity contribution in [3.05, 3.63) is 0 Å². The van der Waals surface area contributed by atoms with Crippen LogP contribution in [0.3, 0.4) is 0 Å². The van der Waals surface area contributed by atoms with Crippen LogP contribution in [0.15, 0.2) is 0 Å². The molecule has 0 aromatic rings. The first-order chi connectivity index (χ1) is 7.27. The van der Waals surface area contributed by atoms with Gasteiger partial charge in [0, 0.05) is 25.7 Å². The fourth-order valence-electron chi connectivity index (χ4n) is 2.14. The highest BCUT2D eigenvalue weighted by Gasteiger charge is 2.25. The van der Waals surface area contributed by atoms with Gasteiger partial charge in [0.1, 0.15) is 0 Å². The lowest BCUT2D eigenvalue weighted by Crippen LogP contribution is -2.48. The smallest absolute Gasteiger partial charge is 0.225 e. The van der Waals surface area contributed by atoms with E-state index in [2.05, 4.69) is 12.2 Å². The minimum atomic E-state index is 0.257. The maximum Gasteiger partial charge on any atom is 0.225 e. The molecule has 2 rings (SSSR count). The van der Waals surface area contributed by atoms with Gasteiger partial charge in [-0.1, -0.05) is 0 Å². The Morgan fingerprint density at radius 1 is 1.53 bits per heavy atom. The van der Waals surface area contributed by atoms with E-state index < -0.39 is 0 Å². The zero-order valence-electron chi connectivity index (χ0n) is 9.37. The van der Waals surface area contributed by atoms with Gasteiger partial charge in [0.2, 0.25) is 5.91 Å². The van der Waals surface area contributed by atoms with Crippen LogP contribution in [-0.2, 0) is 9.53 Å². The zero-order valence-corrected chi connectivity index (χ0v) is 9.37. The Kier molecular flexibility index (Phi) is 3.59. The molecule has 2 aliphatic heterocycles. The second kappa shape index (κ2) is 4.94. The molecule has 15 heavy (non-hydrogen) atoms. The van der Waals surface area contributed by atoms with E-state index in [0.29, 0.717) is 25.2 Å². The van der Waals surface area contributed by atoms with Crippen LogP contribution in [0.1, 0.15) is 26.2 Å². The summed E-state index contributed by atoms with van der Waals surface area (Å²) in [7, 11) is 0. The average molecular weight is 212 g/mol. The van der Waals surface area contributed by atoms with Crippen LogP contribution < -0.4 is 5.32 Å². The molecule has 0 spiro atoms. The molecular weight excluding hydrogens is 192 g/mol. The summed E-state index contributed by atoms with van der Waals surface area (Å²) in [5, 5.41) is 3.14. The van der Waals surface area contributed by atoms with Crippen molar-refractivity contribution in [2.24, 2.45) is 0 Å². The summed E-state index contributed by atoms with van der Waals surface area (Å²) in [5.41, 5.74) is 0. The topological polar surface area (TPSA) is 41.6 Å². The Balaban J connectivity index is 1.63. The van der Waals surface area contributed by atoms with E-state index in [0.717, 1.165) is 32.5 Å². The predicted octanol–water partition coefficient (Wildman–Crippen LogP) is 0.376. The summed E-state index contributed by atoms with van der Waals surface area (Å²) in [6.45, 7) is 5.52. The predicted molar refractivity (Wildman–Crippen MR) is 57.6 cm³/mol. The third-order valence-electron chi connectivity index (χ3n) is 3.29. The van der Waals surface area contributed by atoms with Gasteiger partial charge in [-0.2, -0.15) is 0 Å². The monoisotopic (exact) mass is 212 g/mol. The van der Waals surface area contributed by atoms with Gasteiger partial charge in [0.25, 0.3) is 0 Å². The molecule has 4 heteroatoms. The Morgan fingerprint density at radius 2 is 2.33 bits per heavy atom. The second-order valence-corrected chi connectivity index (χ2v) is 4.48. The lowest BCUT2D eigenvalue weighted by atomic mass is 10.2. The average Bonchev–Trinajstić information content (AvgIpc) is 2.55. The molecule has 1 atom stereocenters. The number of nitrogens with one attached hydrogen (secondary N) is 1. The summed E-state index contributed by atoms with van der Waals surface area (Å²) in [4.78, 5) is 13.8. The molecule has 0 aromatic carbocycles. The maximum atomic E-state index is 11.8. The first-order valence-electron chi connectivity index (χ1n) is 5.89. The molecular formula is C11H20N2O2. The number of amides is 1. The van der Waals surface area contributed by atoms with E-state index in [-0.39, 0.29) is 5.91 Å². The summed E-state index contributed by atoms with van der Waals surface area (Å²) in [6, 6.07) is 0.433. The van der Waals surface area contributed by atoms with Gasteiger partial charge in [-0.15, -0.1) is 0 Å². The van der Waals surface area contributed by atoms with E-state index in [1.807, 2.05) is 4.90 Å². The summed E-state index contributed by atoms with van der Waals surface area (Å²) in [6.07, 6.45) is 3.19. The van der Waals surface area contributed by atoms with Gasteiger partial charge in [-0.25, -0.2) is 0 Å². The van der Waals surface area contributed by atoms with Gasteiger partial charge >= 0.3 is 0 Å². The minimum absolute atomic E-state index is 0.257. The normalized spacial score (nSPS) is 26.7. The second-order valence-electron chi connectivity index (χ2n) is 4.48. The standard InChI is InChI=1S/C11H20N2O2/c1-9-3-2-5-13(9)11(14)4-6-15-10-7-12-8-10/h9-10,12H,2-8H2,1H3. The lowest BCUT2D eigenvalue weighted by molar-refractivity contribution is -0.133. The summed E-state index contributed by atoms with van der Waals surface area (Å²) < 4.78 is 5.53. The third-order valence-corrected chi connectivity index (χ3v) is 3.29. The molecule has 0 aromatic heterocycles. The molecule has 2 heterocycles. The highest BCUT2D eigenvalue weighted by Crippen LogP contribution is 2.17. The number of likely N-dealkylation sites (tertiary alicyclic amines) is 1. The highest BCUT2D eigenvalue weighted by atomic mass is 16.5. The number of rotatable bonds is 4. The molecule has 1 amide bonds. The van der Waals surface area contributed by atoms with Crippen molar-refractivity contribution in [2.75, 3.05) is 26.2 Å². The fraction of sp³-hybridized carbons (Fsp3) is 0.909. The molecule has 2 aliphatic rings. The molecule has 4 nitrogen and oxygen atoms in total. The van der Waals surface area contributed by atoms with E-state index in [9.17, 15) is 4.79 Å². The van der Waals surface area contributed by atoms with Gasteiger partial charge in [0.05, 0.1) is 19.1 Å². The van der Waals surface area contributed by atoms with Crippen LogP contribution in [-0.4, -0.2) is 49.2 Å². The van der Waals surface area contributed by atoms with Gasteiger partial charge in [-0.3, -0.25) is 4.79 Å². The van der Waals surface area contributed by atoms with Crippen LogP contribution >= 0.6 is 0 Å². The van der Waals surface area contributed by atoms with Crippen molar-refractivity contribution in [1.82, 2.24) is 10.2 Å². The fourth-order valence-corrected chi connectivity index (χ4v) is 2.14. The number of hydrogen-bond donors (Lipinski definition) is 1. The summed E-state index contributed by atoms with van der Waals surface area (Å²) >= 11 is 0. The Hall–Kier alpha value is -0.610. The van der Waals surface area contributed by atoms with Crippen molar-refractivity contribution in [3.63, 3.8) is 0 Å². The van der Waals surface area contributed by atoms with E-state index >= 15 is 0 Å². The Labute approximate surface area is 91.0 Å². The zero-order chi connectivity index (χ0) is 10.7. The molecule has 1 N–H and O–H groups in total.